The Bertz CT molecular complexity index is 589. The minimum absolute atomic E-state index is 0.861. The third kappa shape index (κ3) is 2.45. The second-order valence-electron chi connectivity index (χ2n) is 4.93. The molecule has 0 amide bonds. The molecule has 0 spiro atoms. The molecule has 1 fully saturated rings. The van der Waals surface area contributed by atoms with Crippen LogP contribution in [-0.2, 0) is 6.42 Å². The summed E-state index contributed by atoms with van der Waals surface area (Å²) < 4.78 is 0. The van der Waals surface area contributed by atoms with Crippen molar-refractivity contribution in [3.05, 3.63) is 10.9 Å². The first-order valence-electron chi connectivity index (χ1n) is 7.31. The van der Waals surface area contributed by atoms with E-state index in [4.69, 9.17) is 9.97 Å². The van der Waals surface area contributed by atoms with Crippen LogP contribution < -0.4 is 15.5 Å². The number of aryl methyl sites for hydroxylation is 1. The lowest BCUT2D eigenvalue weighted by Crippen LogP contribution is -2.44. The number of hydrogen-bond donors (Lipinski definition) is 2. The molecule has 20 heavy (non-hydrogen) atoms. The Hall–Kier alpha value is -1.40. The van der Waals surface area contributed by atoms with Gasteiger partial charge in [0.1, 0.15) is 10.6 Å². The van der Waals surface area contributed by atoms with Crippen molar-refractivity contribution >= 4 is 33.3 Å². The molecule has 2 aromatic rings. The van der Waals surface area contributed by atoms with Crippen LogP contribution in [0.1, 0.15) is 19.4 Å². The molecule has 5 nitrogen and oxygen atoms in total. The zero-order valence-electron chi connectivity index (χ0n) is 12.1. The number of thiophene rings is 1. The Balaban J connectivity index is 2.06. The molecule has 0 unspecified atom stereocenters. The number of piperazine rings is 1. The van der Waals surface area contributed by atoms with Gasteiger partial charge >= 0.3 is 0 Å². The van der Waals surface area contributed by atoms with Gasteiger partial charge in [-0.1, -0.05) is 6.92 Å². The second kappa shape index (κ2) is 5.93. The van der Waals surface area contributed by atoms with Gasteiger partial charge in [-0.25, -0.2) is 4.98 Å². The summed E-state index contributed by atoms with van der Waals surface area (Å²) in [5.74, 6) is 1.85. The van der Waals surface area contributed by atoms with Crippen LogP contribution in [0.4, 0.5) is 11.8 Å². The lowest BCUT2D eigenvalue weighted by Gasteiger charge is -2.27. The number of nitrogens with one attached hydrogen (secondary N) is 2. The van der Waals surface area contributed by atoms with Crippen LogP contribution in [0.15, 0.2) is 5.38 Å². The molecule has 0 bridgehead atoms. The summed E-state index contributed by atoms with van der Waals surface area (Å²) in [6.45, 7) is 9.13. The molecule has 108 valence electrons. The Kier molecular flexibility index (Phi) is 4.03. The van der Waals surface area contributed by atoms with E-state index in [1.165, 1.54) is 10.9 Å². The van der Waals surface area contributed by atoms with Gasteiger partial charge in [-0.3, -0.25) is 0 Å². The van der Waals surface area contributed by atoms with Gasteiger partial charge < -0.3 is 15.5 Å². The standard InChI is InChI=1S/C14H21N5S/c1-3-10-9-20-13-11(10)12(16-4-2)17-14(18-13)19-7-5-15-6-8-19/h9,15H,3-8H2,1-2H3,(H,16,17,18). The summed E-state index contributed by atoms with van der Waals surface area (Å²) in [6, 6.07) is 0. The molecule has 2 aromatic heterocycles. The molecule has 1 aliphatic rings. The Morgan fingerprint density at radius 1 is 1.30 bits per heavy atom. The average Bonchev–Trinajstić information content (AvgIpc) is 2.91. The number of rotatable bonds is 4. The topological polar surface area (TPSA) is 53.1 Å². The third-order valence-corrected chi connectivity index (χ3v) is 4.54. The van der Waals surface area contributed by atoms with Crippen LogP contribution in [0.5, 0.6) is 0 Å². The largest absolute Gasteiger partial charge is 0.370 e. The fraction of sp³-hybridized carbons (Fsp3) is 0.571. The first-order chi connectivity index (χ1) is 9.83. The van der Waals surface area contributed by atoms with Crippen LogP contribution >= 0.6 is 11.3 Å². The number of fused-ring (bicyclic) bond motifs is 1. The summed E-state index contributed by atoms with van der Waals surface area (Å²) in [6.07, 6.45) is 1.02. The maximum Gasteiger partial charge on any atom is 0.228 e. The fourth-order valence-electron chi connectivity index (χ4n) is 2.55. The molecule has 0 aliphatic carbocycles. The maximum atomic E-state index is 4.78. The highest BCUT2D eigenvalue weighted by Gasteiger charge is 2.18. The lowest BCUT2D eigenvalue weighted by molar-refractivity contribution is 0.581. The molecular weight excluding hydrogens is 270 g/mol. The highest BCUT2D eigenvalue weighted by Crippen LogP contribution is 2.32. The number of hydrogen-bond acceptors (Lipinski definition) is 6. The van der Waals surface area contributed by atoms with E-state index in [0.29, 0.717) is 0 Å². The molecule has 1 saturated heterocycles. The normalized spacial score (nSPS) is 15.8. The van der Waals surface area contributed by atoms with E-state index in [1.807, 2.05) is 0 Å². The zero-order chi connectivity index (χ0) is 13.9. The monoisotopic (exact) mass is 291 g/mol. The maximum absolute atomic E-state index is 4.78. The van der Waals surface area contributed by atoms with Crippen LogP contribution in [0.2, 0.25) is 0 Å². The van der Waals surface area contributed by atoms with Crippen molar-refractivity contribution in [1.82, 2.24) is 15.3 Å². The van der Waals surface area contributed by atoms with E-state index in [-0.39, 0.29) is 0 Å². The van der Waals surface area contributed by atoms with E-state index in [2.05, 4.69) is 34.8 Å². The van der Waals surface area contributed by atoms with E-state index >= 15 is 0 Å². The molecule has 1 aliphatic heterocycles. The van der Waals surface area contributed by atoms with Gasteiger partial charge in [-0.2, -0.15) is 4.98 Å². The quantitative estimate of drug-likeness (QED) is 0.903. The molecule has 3 heterocycles. The summed E-state index contributed by atoms with van der Waals surface area (Å²) >= 11 is 1.72. The van der Waals surface area contributed by atoms with Crippen molar-refractivity contribution in [2.45, 2.75) is 20.3 Å². The van der Waals surface area contributed by atoms with Crippen LogP contribution in [0.3, 0.4) is 0 Å². The Labute approximate surface area is 123 Å². The predicted molar refractivity (Wildman–Crippen MR) is 86.0 cm³/mol. The molecular formula is C14H21N5S. The highest BCUT2D eigenvalue weighted by molar-refractivity contribution is 7.17. The van der Waals surface area contributed by atoms with Crippen molar-refractivity contribution in [1.29, 1.82) is 0 Å². The average molecular weight is 291 g/mol. The predicted octanol–water partition coefficient (Wildman–Crippen LogP) is 2.10. The van der Waals surface area contributed by atoms with Gasteiger partial charge in [0.25, 0.3) is 0 Å². The van der Waals surface area contributed by atoms with Crippen LogP contribution in [0.25, 0.3) is 10.2 Å². The van der Waals surface area contributed by atoms with Crippen molar-refractivity contribution in [2.24, 2.45) is 0 Å². The van der Waals surface area contributed by atoms with E-state index in [9.17, 15) is 0 Å². The van der Waals surface area contributed by atoms with Crippen molar-refractivity contribution in [3.63, 3.8) is 0 Å². The van der Waals surface area contributed by atoms with Crippen molar-refractivity contribution < 1.29 is 0 Å². The fourth-order valence-corrected chi connectivity index (χ4v) is 3.57. The van der Waals surface area contributed by atoms with E-state index in [1.54, 1.807) is 11.3 Å². The molecule has 0 aromatic carbocycles. The van der Waals surface area contributed by atoms with Crippen molar-refractivity contribution in [2.75, 3.05) is 42.9 Å². The second-order valence-corrected chi connectivity index (χ2v) is 5.79. The van der Waals surface area contributed by atoms with Crippen molar-refractivity contribution in [3.8, 4) is 0 Å². The minimum atomic E-state index is 0.861. The molecule has 6 heteroatoms. The molecule has 0 saturated carbocycles. The molecule has 3 rings (SSSR count). The first-order valence-corrected chi connectivity index (χ1v) is 8.19. The summed E-state index contributed by atoms with van der Waals surface area (Å²) in [4.78, 5) is 12.9. The minimum Gasteiger partial charge on any atom is -0.370 e. The molecule has 0 radical (unpaired) electrons. The number of anilines is 2. The summed E-state index contributed by atoms with van der Waals surface area (Å²) in [5, 5.41) is 10.2. The van der Waals surface area contributed by atoms with Gasteiger partial charge in [0.05, 0.1) is 5.39 Å². The van der Waals surface area contributed by atoms with E-state index < -0.39 is 0 Å². The first kappa shape index (κ1) is 13.6. The van der Waals surface area contributed by atoms with Gasteiger partial charge in [0.2, 0.25) is 5.95 Å². The third-order valence-electron chi connectivity index (χ3n) is 3.62. The Morgan fingerprint density at radius 3 is 2.80 bits per heavy atom. The van der Waals surface area contributed by atoms with Gasteiger partial charge in [-0.05, 0) is 24.3 Å². The smallest absolute Gasteiger partial charge is 0.228 e. The van der Waals surface area contributed by atoms with Gasteiger partial charge in [0, 0.05) is 32.7 Å². The van der Waals surface area contributed by atoms with Crippen LogP contribution in [0, 0.1) is 0 Å². The SMILES string of the molecule is CCNc1nc(N2CCNCC2)nc2scc(CC)c12. The molecule has 0 atom stereocenters. The summed E-state index contributed by atoms with van der Waals surface area (Å²) in [5.41, 5.74) is 1.34. The van der Waals surface area contributed by atoms with Gasteiger partial charge in [0.15, 0.2) is 0 Å². The molecule has 2 N–H and O–H groups in total. The highest BCUT2D eigenvalue weighted by atomic mass is 32.1. The van der Waals surface area contributed by atoms with E-state index in [0.717, 1.165) is 55.7 Å². The lowest BCUT2D eigenvalue weighted by atomic mass is 10.2. The Morgan fingerprint density at radius 2 is 2.10 bits per heavy atom. The van der Waals surface area contributed by atoms with Crippen LogP contribution in [-0.4, -0.2) is 42.7 Å². The number of nitrogens with zero attached hydrogens (tertiary/aromatic N) is 3. The number of aromatic nitrogens is 2. The van der Waals surface area contributed by atoms with Gasteiger partial charge in [-0.15, -0.1) is 11.3 Å². The summed E-state index contributed by atoms with van der Waals surface area (Å²) in [7, 11) is 0. The zero-order valence-corrected chi connectivity index (χ0v) is 12.9.